The number of methoxy groups -OCH3 is 1. The van der Waals surface area contributed by atoms with E-state index in [4.69, 9.17) is 4.74 Å². The number of rotatable bonds is 6. The highest BCUT2D eigenvalue weighted by Gasteiger charge is 2.26. The molecule has 1 fully saturated rings. The maximum atomic E-state index is 12.5. The average molecular weight is 379 g/mol. The number of fused-ring (bicyclic) bond motifs is 1. The summed E-state index contributed by atoms with van der Waals surface area (Å²) in [5.74, 6) is 2.08. The van der Waals surface area contributed by atoms with Crippen LogP contribution in [0.4, 0.5) is 0 Å². The van der Waals surface area contributed by atoms with Crippen LogP contribution < -0.4 is 10.1 Å². The number of aromatic nitrogens is 3. The highest BCUT2D eigenvalue weighted by molar-refractivity contribution is 5.78. The third-order valence-electron chi connectivity index (χ3n) is 5.25. The standard InChI is InChI=1S/C21H25N5O2/c1-28-18-9-3-2-7-16(18)13-22-20(27)15-25-11-6-8-17(14-25)21-24-23-19-10-4-5-12-26(19)21/h2-5,7,9-10,12,17H,6,8,11,13-15H2,1H3,(H,22,27). The topological polar surface area (TPSA) is 71.8 Å². The zero-order valence-corrected chi connectivity index (χ0v) is 16.0. The van der Waals surface area contributed by atoms with E-state index in [-0.39, 0.29) is 11.8 Å². The minimum Gasteiger partial charge on any atom is -0.496 e. The molecule has 0 spiro atoms. The zero-order chi connectivity index (χ0) is 19.3. The van der Waals surface area contributed by atoms with Gasteiger partial charge in [-0.05, 0) is 37.6 Å². The van der Waals surface area contributed by atoms with Gasteiger partial charge in [0.15, 0.2) is 5.65 Å². The summed E-state index contributed by atoms with van der Waals surface area (Å²) in [7, 11) is 1.64. The lowest BCUT2D eigenvalue weighted by Gasteiger charge is -2.31. The minimum atomic E-state index is 0.0256. The second-order valence-corrected chi connectivity index (χ2v) is 7.15. The van der Waals surface area contributed by atoms with Gasteiger partial charge in [-0.3, -0.25) is 14.1 Å². The Morgan fingerprint density at radius 3 is 2.96 bits per heavy atom. The molecule has 1 N–H and O–H groups in total. The Bertz CT molecular complexity index is 955. The molecule has 0 bridgehead atoms. The molecule has 0 saturated carbocycles. The molecule has 2 aromatic heterocycles. The smallest absolute Gasteiger partial charge is 0.234 e. The molecule has 0 aliphatic carbocycles. The van der Waals surface area contributed by atoms with E-state index in [9.17, 15) is 4.79 Å². The van der Waals surface area contributed by atoms with Crippen LogP contribution in [-0.2, 0) is 11.3 Å². The Morgan fingerprint density at radius 2 is 2.07 bits per heavy atom. The van der Waals surface area contributed by atoms with E-state index in [0.29, 0.717) is 13.1 Å². The SMILES string of the molecule is COc1ccccc1CNC(=O)CN1CCCC(c2nnc3ccccn23)C1. The van der Waals surface area contributed by atoms with Crippen LogP contribution in [0.5, 0.6) is 5.75 Å². The molecule has 1 aromatic carbocycles. The Labute approximate surface area is 164 Å². The highest BCUT2D eigenvalue weighted by Crippen LogP contribution is 2.26. The predicted octanol–water partition coefficient (Wildman–Crippen LogP) is 2.23. The molecule has 7 nitrogen and oxygen atoms in total. The maximum Gasteiger partial charge on any atom is 0.234 e. The van der Waals surface area contributed by atoms with Gasteiger partial charge in [0.25, 0.3) is 0 Å². The summed E-state index contributed by atoms with van der Waals surface area (Å²) in [6.45, 7) is 2.60. The molecule has 3 aromatic rings. The molecule has 1 unspecified atom stereocenters. The van der Waals surface area contributed by atoms with Crippen molar-refractivity contribution >= 4 is 11.6 Å². The van der Waals surface area contributed by atoms with Crippen molar-refractivity contribution in [1.29, 1.82) is 0 Å². The Hall–Kier alpha value is -2.93. The minimum absolute atomic E-state index is 0.0256. The number of para-hydroxylation sites is 1. The summed E-state index contributed by atoms with van der Waals surface area (Å²) in [5, 5.41) is 11.7. The average Bonchev–Trinajstić information content (AvgIpc) is 3.17. The molecule has 146 valence electrons. The van der Waals surface area contributed by atoms with Crippen molar-refractivity contribution in [3.05, 3.63) is 60.0 Å². The molecule has 1 atom stereocenters. The van der Waals surface area contributed by atoms with Crippen LogP contribution in [0.3, 0.4) is 0 Å². The van der Waals surface area contributed by atoms with Crippen LogP contribution >= 0.6 is 0 Å². The fourth-order valence-electron chi connectivity index (χ4n) is 3.85. The lowest BCUT2D eigenvalue weighted by Crippen LogP contribution is -2.42. The number of amides is 1. The first-order valence-electron chi connectivity index (χ1n) is 9.65. The van der Waals surface area contributed by atoms with Crippen molar-refractivity contribution in [2.45, 2.75) is 25.3 Å². The number of piperidine rings is 1. The van der Waals surface area contributed by atoms with Gasteiger partial charge in [-0.25, -0.2) is 0 Å². The van der Waals surface area contributed by atoms with Crippen molar-refractivity contribution < 1.29 is 9.53 Å². The molecule has 28 heavy (non-hydrogen) atoms. The summed E-state index contributed by atoms with van der Waals surface area (Å²) in [6, 6.07) is 13.7. The molecule has 1 saturated heterocycles. The Balaban J connectivity index is 1.35. The van der Waals surface area contributed by atoms with Gasteiger partial charge in [-0.15, -0.1) is 10.2 Å². The summed E-state index contributed by atoms with van der Waals surface area (Å²) < 4.78 is 7.39. The molecule has 4 rings (SSSR count). The number of pyridine rings is 1. The molecular formula is C21H25N5O2. The summed E-state index contributed by atoms with van der Waals surface area (Å²) in [6.07, 6.45) is 4.12. The van der Waals surface area contributed by atoms with Crippen LogP contribution in [0.1, 0.15) is 30.1 Å². The number of hydrogen-bond donors (Lipinski definition) is 1. The molecule has 3 heterocycles. The third kappa shape index (κ3) is 3.99. The number of hydrogen-bond acceptors (Lipinski definition) is 5. The van der Waals surface area contributed by atoms with Gasteiger partial charge in [-0.1, -0.05) is 24.3 Å². The molecule has 1 amide bonds. The monoisotopic (exact) mass is 379 g/mol. The molecule has 1 aliphatic heterocycles. The van der Waals surface area contributed by atoms with E-state index in [1.165, 1.54) is 0 Å². The first-order valence-corrected chi connectivity index (χ1v) is 9.65. The number of ether oxygens (including phenoxy) is 1. The van der Waals surface area contributed by atoms with Gasteiger partial charge in [0.1, 0.15) is 11.6 Å². The Morgan fingerprint density at radius 1 is 1.21 bits per heavy atom. The number of carbonyl (C=O) groups excluding carboxylic acids is 1. The van der Waals surface area contributed by atoms with Crippen molar-refractivity contribution in [2.24, 2.45) is 0 Å². The second kappa shape index (κ2) is 8.39. The largest absolute Gasteiger partial charge is 0.496 e. The lowest BCUT2D eigenvalue weighted by molar-refractivity contribution is -0.122. The first-order chi connectivity index (χ1) is 13.7. The van der Waals surface area contributed by atoms with Crippen molar-refractivity contribution in [1.82, 2.24) is 24.8 Å². The van der Waals surface area contributed by atoms with E-state index in [2.05, 4.69) is 24.8 Å². The molecule has 7 heteroatoms. The Kier molecular flexibility index (Phi) is 5.53. The summed E-state index contributed by atoms with van der Waals surface area (Å²) >= 11 is 0. The number of nitrogens with one attached hydrogen (secondary N) is 1. The molecule has 0 radical (unpaired) electrons. The van der Waals surface area contributed by atoms with Gasteiger partial charge < -0.3 is 10.1 Å². The van der Waals surface area contributed by atoms with Gasteiger partial charge in [0, 0.05) is 30.8 Å². The van der Waals surface area contributed by atoms with E-state index in [1.807, 2.05) is 48.7 Å². The van der Waals surface area contributed by atoms with E-state index < -0.39 is 0 Å². The van der Waals surface area contributed by atoms with Crippen molar-refractivity contribution in [3.63, 3.8) is 0 Å². The third-order valence-corrected chi connectivity index (χ3v) is 5.25. The van der Waals surface area contributed by atoms with Gasteiger partial charge in [0.2, 0.25) is 5.91 Å². The highest BCUT2D eigenvalue weighted by atomic mass is 16.5. The number of nitrogens with zero attached hydrogens (tertiary/aromatic N) is 4. The summed E-state index contributed by atoms with van der Waals surface area (Å²) in [5.41, 5.74) is 1.84. The molecule has 1 aliphatic rings. The predicted molar refractivity (Wildman–Crippen MR) is 106 cm³/mol. The fourth-order valence-corrected chi connectivity index (χ4v) is 3.85. The normalized spacial score (nSPS) is 17.5. The van der Waals surface area contributed by atoms with Gasteiger partial charge in [0.05, 0.1) is 13.7 Å². The maximum absolute atomic E-state index is 12.5. The first kappa shape index (κ1) is 18.4. The van der Waals surface area contributed by atoms with Crippen molar-refractivity contribution in [2.75, 3.05) is 26.7 Å². The quantitative estimate of drug-likeness (QED) is 0.711. The number of likely N-dealkylation sites (tertiary alicyclic amines) is 1. The summed E-state index contributed by atoms with van der Waals surface area (Å²) in [4.78, 5) is 14.7. The zero-order valence-electron chi connectivity index (χ0n) is 16.0. The number of carbonyl (C=O) groups is 1. The lowest BCUT2D eigenvalue weighted by atomic mass is 9.97. The van der Waals surface area contributed by atoms with Gasteiger partial charge in [-0.2, -0.15) is 0 Å². The van der Waals surface area contributed by atoms with Crippen LogP contribution in [0.15, 0.2) is 48.7 Å². The van der Waals surface area contributed by atoms with E-state index in [1.54, 1.807) is 7.11 Å². The van der Waals surface area contributed by atoms with Crippen molar-refractivity contribution in [3.8, 4) is 5.75 Å². The van der Waals surface area contributed by atoms with Gasteiger partial charge >= 0.3 is 0 Å². The van der Waals surface area contributed by atoms with E-state index in [0.717, 1.165) is 48.7 Å². The number of benzene rings is 1. The fraction of sp³-hybridized carbons (Fsp3) is 0.381. The second-order valence-electron chi connectivity index (χ2n) is 7.15. The van der Waals surface area contributed by atoms with E-state index >= 15 is 0 Å². The van der Waals surface area contributed by atoms with Crippen LogP contribution in [0.2, 0.25) is 0 Å². The molecular weight excluding hydrogens is 354 g/mol. The van der Waals surface area contributed by atoms with Crippen LogP contribution in [0.25, 0.3) is 5.65 Å². The van der Waals surface area contributed by atoms with Crippen LogP contribution in [-0.4, -0.2) is 52.1 Å². The van der Waals surface area contributed by atoms with Crippen LogP contribution in [0, 0.1) is 0 Å².